The Hall–Kier alpha value is -6.39. The van der Waals surface area contributed by atoms with E-state index >= 15 is 0 Å². The van der Waals surface area contributed by atoms with Crippen LogP contribution in [0.4, 0.5) is 0 Å². The highest BCUT2D eigenvalue weighted by atomic mass is 15.1. The molecule has 7 aromatic carbocycles. The van der Waals surface area contributed by atoms with Crippen LogP contribution in [0.25, 0.3) is 83.6 Å². The minimum Gasteiger partial charge on any atom is -0.290 e. The molecule has 0 saturated heterocycles. The Bertz CT molecular complexity index is 2550. The lowest BCUT2D eigenvalue weighted by molar-refractivity contribution is 1.05. The van der Waals surface area contributed by atoms with Crippen LogP contribution in [0.1, 0.15) is 0 Å². The van der Waals surface area contributed by atoms with Crippen molar-refractivity contribution in [1.82, 2.24) is 19.5 Å². The molecule has 0 saturated carbocycles. The maximum atomic E-state index is 5.31. The van der Waals surface area contributed by atoms with Crippen LogP contribution < -0.4 is 0 Å². The molecule has 0 atom stereocenters. The lowest BCUT2D eigenvalue weighted by Gasteiger charge is -2.14. The molecule has 0 aliphatic carbocycles. The smallest absolute Gasteiger partial charge is 0.197 e. The molecule has 0 spiro atoms. The van der Waals surface area contributed by atoms with E-state index in [1.807, 2.05) is 42.5 Å². The van der Waals surface area contributed by atoms with Gasteiger partial charge in [-0.3, -0.25) is 4.57 Å². The largest absolute Gasteiger partial charge is 0.290 e. The van der Waals surface area contributed by atoms with Gasteiger partial charge in [0, 0.05) is 16.8 Å². The van der Waals surface area contributed by atoms with Crippen LogP contribution in [0.2, 0.25) is 0 Å². The first-order chi connectivity index (χ1) is 23.3. The first-order valence-corrected chi connectivity index (χ1v) is 15.8. The van der Waals surface area contributed by atoms with Gasteiger partial charge in [-0.25, -0.2) is 15.0 Å². The van der Waals surface area contributed by atoms with Gasteiger partial charge in [-0.1, -0.05) is 133 Å². The number of fused-ring (bicyclic) bond motifs is 4. The topological polar surface area (TPSA) is 43.6 Å². The predicted molar refractivity (Wildman–Crippen MR) is 193 cm³/mol. The Morgan fingerprint density at radius 3 is 1.81 bits per heavy atom. The highest BCUT2D eigenvalue weighted by Gasteiger charge is 2.20. The van der Waals surface area contributed by atoms with Gasteiger partial charge in [-0.15, -0.1) is 0 Å². The summed E-state index contributed by atoms with van der Waals surface area (Å²) in [6.07, 6.45) is 0. The van der Waals surface area contributed by atoms with Gasteiger partial charge in [0.1, 0.15) is 0 Å². The zero-order chi connectivity index (χ0) is 31.2. The molecule has 4 nitrogen and oxygen atoms in total. The summed E-state index contributed by atoms with van der Waals surface area (Å²) in [5.41, 5.74) is 9.03. The molecular formula is C43H28N4. The lowest BCUT2D eigenvalue weighted by atomic mass is 9.95. The van der Waals surface area contributed by atoms with Crippen molar-refractivity contribution in [1.29, 1.82) is 0 Å². The number of benzene rings is 7. The summed E-state index contributed by atoms with van der Waals surface area (Å²) in [5, 5.41) is 4.75. The first-order valence-electron chi connectivity index (χ1n) is 15.8. The van der Waals surface area contributed by atoms with E-state index in [1.165, 1.54) is 21.7 Å². The van der Waals surface area contributed by atoms with Gasteiger partial charge in [0.2, 0.25) is 0 Å². The fourth-order valence-corrected chi connectivity index (χ4v) is 6.58. The minimum atomic E-state index is 0.571. The number of aromatic nitrogens is 4. The Morgan fingerprint density at radius 2 is 1.00 bits per heavy atom. The molecule has 9 aromatic rings. The van der Waals surface area contributed by atoms with Crippen LogP contribution >= 0.6 is 0 Å². The second-order valence-corrected chi connectivity index (χ2v) is 11.7. The van der Waals surface area contributed by atoms with Gasteiger partial charge in [0.15, 0.2) is 11.6 Å². The quantitative estimate of drug-likeness (QED) is 0.185. The van der Waals surface area contributed by atoms with Crippen molar-refractivity contribution in [2.75, 3.05) is 0 Å². The summed E-state index contributed by atoms with van der Waals surface area (Å²) >= 11 is 0. The molecule has 0 amide bonds. The van der Waals surface area contributed by atoms with E-state index in [0.717, 1.165) is 50.2 Å². The number of hydrogen-bond donors (Lipinski definition) is 0. The Balaban J connectivity index is 1.31. The SMILES string of the molecule is c1ccc(-c2ccc(-c3cc(-c4cc5ccccc5c5ccccc45)nc(-c4nc5ccccc5n4-c4ccccc4)n3)cc2)cc1. The van der Waals surface area contributed by atoms with Gasteiger partial charge in [-0.2, -0.15) is 0 Å². The van der Waals surface area contributed by atoms with Crippen LogP contribution in [-0.4, -0.2) is 19.5 Å². The number of rotatable bonds is 5. The molecule has 47 heavy (non-hydrogen) atoms. The van der Waals surface area contributed by atoms with Crippen molar-refractivity contribution in [3.05, 3.63) is 170 Å². The standard InChI is InChI=1S/C43H28N4/c1-3-13-29(14-4-1)30-23-25-31(26-24-30)39-28-40(37-27-32-15-7-8-18-34(32)35-19-9-10-20-36(35)37)45-42(44-39)43-46-38-21-11-12-22-41(38)47(43)33-16-5-2-6-17-33/h1-28H. The third-order valence-corrected chi connectivity index (χ3v) is 8.83. The number of imidazole rings is 1. The zero-order valence-electron chi connectivity index (χ0n) is 25.5. The van der Waals surface area contributed by atoms with Gasteiger partial charge in [0.25, 0.3) is 0 Å². The average Bonchev–Trinajstić information content (AvgIpc) is 3.55. The van der Waals surface area contributed by atoms with E-state index < -0.39 is 0 Å². The van der Waals surface area contributed by atoms with Gasteiger partial charge >= 0.3 is 0 Å². The Morgan fingerprint density at radius 1 is 0.404 bits per heavy atom. The van der Waals surface area contributed by atoms with Crippen molar-refractivity contribution in [3.63, 3.8) is 0 Å². The van der Waals surface area contributed by atoms with Crippen molar-refractivity contribution in [2.24, 2.45) is 0 Å². The molecule has 9 rings (SSSR count). The van der Waals surface area contributed by atoms with Crippen LogP contribution in [0.5, 0.6) is 0 Å². The molecule has 0 fully saturated rings. The van der Waals surface area contributed by atoms with Crippen molar-refractivity contribution >= 4 is 32.6 Å². The Labute approximate surface area is 272 Å². The third-order valence-electron chi connectivity index (χ3n) is 8.83. The van der Waals surface area contributed by atoms with E-state index in [4.69, 9.17) is 15.0 Å². The highest BCUT2D eigenvalue weighted by molar-refractivity contribution is 6.13. The molecule has 2 heterocycles. The molecule has 0 aliphatic heterocycles. The van der Waals surface area contributed by atoms with Crippen molar-refractivity contribution in [3.8, 4) is 51.0 Å². The van der Waals surface area contributed by atoms with Crippen molar-refractivity contribution in [2.45, 2.75) is 0 Å². The van der Waals surface area contributed by atoms with E-state index in [0.29, 0.717) is 11.6 Å². The second-order valence-electron chi connectivity index (χ2n) is 11.7. The fraction of sp³-hybridized carbons (Fsp3) is 0. The zero-order valence-corrected chi connectivity index (χ0v) is 25.5. The molecule has 4 heteroatoms. The maximum absolute atomic E-state index is 5.31. The van der Waals surface area contributed by atoms with Crippen LogP contribution in [0.3, 0.4) is 0 Å². The van der Waals surface area contributed by atoms with Crippen LogP contribution in [0, 0.1) is 0 Å². The maximum Gasteiger partial charge on any atom is 0.197 e. The highest BCUT2D eigenvalue weighted by Crippen LogP contribution is 2.37. The summed E-state index contributed by atoms with van der Waals surface area (Å²) in [6.45, 7) is 0. The predicted octanol–water partition coefficient (Wildman–Crippen LogP) is 10.8. The number of nitrogens with zero attached hydrogens (tertiary/aromatic N) is 4. The summed E-state index contributed by atoms with van der Waals surface area (Å²) in [4.78, 5) is 15.7. The van der Waals surface area contributed by atoms with E-state index in [2.05, 4.69) is 132 Å². The van der Waals surface area contributed by atoms with Crippen LogP contribution in [-0.2, 0) is 0 Å². The molecular weight excluding hydrogens is 573 g/mol. The van der Waals surface area contributed by atoms with Crippen molar-refractivity contribution < 1.29 is 0 Å². The normalized spacial score (nSPS) is 11.4. The number of para-hydroxylation sites is 3. The van der Waals surface area contributed by atoms with Gasteiger partial charge in [0.05, 0.1) is 22.4 Å². The lowest BCUT2D eigenvalue weighted by Crippen LogP contribution is -2.03. The average molecular weight is 601 g/mol. The second kappa shape index (κ2) is 11.2. The molecule has 0 bridgehead atoms. The third kappa shape index (κ3) is 4.75. The van der Waals surface area contributed by atoms with Crippen LogP contribution in [0.15, 0.2) is 170 Å². The summed E-state index contributed by atoms with van der Waals surface area (Å²) in [7, 11) is 0. The molecule has 2 aromatic heterocycles. The molecule has 0 N–H and O–H groups in total. The molecule has 0 aliphatic rings. The number of hydrogen-bond acceptors (Lipinski definition) is 3. The van der Waals surface area contributed by atoms with Gasteiger partial charge in [-0.05, 0) is 69.1 Å². The summed E-state index contributed by atoms with van der Waals surface area (Å²) < 4.78 is 2.16. The van der Waals surface area contributed by atoms with E-state index in [9.17, 15) is 0 Å². The summed E-state index contributed by atoms with van der Waals surface area (Å²) in [6, 6.07) is 59.1. The summed E-state index contributed by atoms with van der Waals surface area (Å²) in [5.74, 6) is 1.27. The van der Waals surface area contributed by atoms with E-state index in [-0.39, 0.29) is 0 Å². The minimum absolute atomic E-state index is 0.571. The fourth-order valence-electron chi connectivity index (χ4n) is 6.58. The van der Waals surface area contributed by atoms with E-state index in [1.54, 1.807) is 0 Å². The first kappa shape index (κ1) is 27.0. The monoisotopic (exact) mass is 600 g/mol. The van der Waals surface area contributed by atoms with Gasteiger partial charge < -0.3 is 0 Å². The molecule has 220 valence electrons. The Kier molecular flexibility index (Phi) is 6.43. The molecule has 0 unspecified atom stereocenters. The molecule has 0 radical (unpaired) electrons.